The Bertz CT molecular complexity index is 996. The topological polar surface area (TPSA) is 30.7 Å². The van der Waals surface area contributed by atoms with Crippen molar-refractivity contribution in [2.24, 2.45) is 0 Å². The number of benzene rings is 3. The summed E-state index contributed by atoms with van der Waals surface area (Å²) < 4.78 is 1.91. The van der Waals surface area contributed by atoms with Gasteiger partial charge in [-0.2, -0.15) is 0 Å². The first-order valence-electron chi connectivity index (χ1n) is 7.96. The lowest BCUT2D eigenvalue weighted by Gasteiger charge is -2.10. The lowest BCUT2D eigenvalue weighted by Crippen LogP contribution is -2.01. The molecule has 0 unspecified atom stereocenters. The molecule has 4 rings (SSSR count). The van der Waals surface area contributed by atoms with Crippen molar-refractivity contribution in [1.29, 1.82) is 0 Å². The van der Waals surface area contributed by atoms with Gasteiger partial charge in [-0.3, -0.25) is 0 Å². The average molecular weight is 311 g/mol. The van der Waals surface area contributed by atoms with E-state index in [0.29, 0.717) is 0 Å². The van der Waals surface area contributed by atoms with E-state index < -0.39 is 0 Å². The zero-order valence-electron chi connectivity index (χ0n) is 13.4. The van der Waals surface area contributed by atoms with Crippen LogP contribution in [0.3, 0.4) is 0 Å². The van der Waals surface area contributed by atoms with Crippen molar-refractivity contribution in [2.75, 3.05) is 0 Å². The maximum atomic E-state index is 4.39. The van der Waals surface area contributed by atoms with E-state index in [2.05, 4.69) is 59.7 Å². The Morgan fingerprint density at radius 1 is 0.833 bits per heavy atom. The van der Waals surface area contributed by atoms with Crippen LogP contribution in [0.25, 0.3) is 22.8 Å². The maximum Gasteiger partial charge on any atom is 0.113 e. The Balaban J connectivity index is 1.93. The highest BCUT2D eigenvalue weighted by atomic mass is 15.4. The molecule has 3 nitrogen and oxygen atoms in total. The molecule has 1 aromatic heterocycles. The minimum absolute atomic E-state index is 0.892. The third-order valence-corrected chi connectivity index (χ3v) is 4.03. The second-order valence-electron chi connectivity index (χ2n) is 5.80. The number of aromatic nitrogens is 3. The predicted molar refractivity (Wildman–Crippen MR) is 98.4 cm³/mol. The van der Waals surface area contributed by atoms with Gasteiger partial charge in [0.15, 0.2) is 0 Å². The minimum atomic E-state index is 0.892. The van der Waals surface area contributed by atoms with Crippen molar-refractivity contribution in [1.82, 2.24) is 15.0 Å². The number of rotatable bonds is 3. The number of fused-ring (bicyclic) bond motifs is 1. The zero-order chi connectivity index (χ0) is 16.4. The fraction of sp³-hybridized carbons (Fsp3) is 0.0476. The zero-order valence-corrected chi connectivity index (χ0v) is 13.4. The van der Waals surface area contributed by atoms with E-state index in [-0.39, 0.29) is 0 Å². The van der Waals surface area contributed by atoms with Gasteiger partial charge < -0.3 is 0 Å². The Morgan fingerprint density at radius 3 is 2.33 bits per heavy atom. The van der Waals surface area contributed by atoms with Crippen LogP contribution in [0.1, 0.15) is 16.7 Å². The number of hydrogen-bond donors (Lipinski definition) is 0. The van der Waals surface area contributed by atoms with Crippen LogP contribution >= 0.6 is 0 Å². The molecule has 0 aliphatic heterocycles. The minimum Gasteiger partial charge on any atom is -0.212 e. The molecule has 4 aromatic rings. The van der Waals surface area contributed by atoms with Gasteiger partial charge in [-0.25, -0.2) is 4.68 Å². The molecule has 0 aliphatic rings. The first-order chi connectivity index (χ1) is 11.8. The first kappa shape index (κ1) is 14.4. The molecule has 116 valence electrons. The van der Waals surface area contributed by atoms with Crippen molar-refractivity contribution in [3.05, 3.63) is 95.6 Å². The van der Waals surface area contributed by atoms with Gasteiger partial charge in [-0.15, -0.1) is 5.10 Å². The third kappa shape index (κ3) is 2.72. The summed E-state index contributed by atoms with van der Waals surface area (Å²) >= 11 is 0. The van der Waals surface area contributed by atoms with Crippen LogP contribution in [0.4, 0.5) is 0 Å². The van der Waals surface area contributed by atoms with Crippen LogP contribution in [-0.2, 0) is 0 Å². The van der Waals surface area contributed by atoms with E-state index in [1.54, 1.807) is 0 Å². The highest BCUT2D eigenvalue weighted by molar-refractivity contribution is 5.87. The van der Waals surface area contributed by atoms with Crippen molar-refractivity contribution >= 4 is 22.8 Å². The molecule has 0 aliphatic carbocycles. The predicted octanol–water partition coefficient (Wildman–Crippen LogP) is 4.79. The fourth-order valence-electron chi connectivity index (χ4n) is 2.75. The van der Waals surface area contributed by atoms with Crippen LogP contribution in [-0.4, -0.2) is 15.0 Å². The van der Waals surface area contributed by atoms with Gasteiger partial charge in [0, 0.05) is 5.56 Å². The molecule has 0 radical (unpaired) electrons. The Kier molecular flexibility index (Phi) is 3.67. The number of aryl methyl sites for hydroxylation is 1. The van der Waals surface area contributed by atoms with E-state index >= 15 is 0 Å². The third-order valence-electron chi connectivity index (χ3n) is 4.03. The number of para-hydroxylation sites is 1. The Labute approximate surface area is 140 Å². The smallest absolute Gasteiger partial charge is 0.113 e. The van der Waals surface area contributed by atoms with Crippen molar-refractivity contribution < 1.29 is 0 Å². The second kappa shape index (κ2) is 6.13. The van der Waals surface area contributed by atoms with E-state index in [1.165, 1.54) is 5.56 Å². The summed E-state index contributed by atoms with van der Waals surface area (Å²) in [6, 6.07) is 26.8. The quantitative estimate of drug-likeness (QED) is 0.509. The average Bonchev–Trinajstić information content (AvgIpc) is 3.05. The van der Waals surface area contributed by atoms with Crippen LogP contribution in [0.15, 0.2) is 78.9 Å². The van der Waals surface area contributed by atoms with Gasteiger partial charge in [0.05, 0.1) is 11.2 Å². The lowest BCUT2D eigenvalue weighted by molar-refractivity contribution is 0.843. The van der Waals surface area contributed by atoms with Gasteiger partial charge in [-0.05, 0) is 30.7 Å². The van der Waals surface area contributed by atoms with E-state index in [0.717, 1.165) is 27.9 Å². The van der Waals surface area contributed by atoms with Gasteiger partial charge in [0.25, 0.3) is 0 Å². The molecule has 0 fully saturated rings. The van der Waals surface area contributed by atoms with E-state index in [4.69, 9.17) is 0 Å². The Hall–Kier alpha value is -3.20. The highest BCUT2D eigenvalue weighted by Gasteiger charge is 2.11. The largest absolute Gasteiger partial charge is 0.212 e. The normalized spacial score (nSPS) is 11.8. The standard InChI is InChI=1S/C21H17N3/c1-16-11-13-18(14-12-16)21(15-17-7-3-2-4-8-17)24-20-10-6-5-9-19(20)22-23-24/h2-15H,1H3/b21-15-. The molecule has 0 N–H and O–H groups in total. The summed E-state index contributed by atoms with van der Waals surface area (Å²) in [7, 11) is 0. The SMILES string of the molecule is Cc1ccc(/C(=C/c2ccccc2)n2nnc3ccccc32)cc1. The number of nitrogens with zero attached hydrogens (tertiary/aromatic N) is 3. The Morgan fingerprint density at radius 2 is 1.54 bits per heavy atom. The molecule has 0 bridgehead atoms. The molecule has 0 atom stereocenters. The molecular weight excluding hydrogens is 294 g/mol. The molecule has 3 heteroatoms. The van der Waals surface area contributed by atoms with Gasteiger partial charge in [-0.1, -0.05) is 77.5 Å². The molecule has 1 heterocycles. The molecule has 0 amide bonds. The second-order valence-corrected chi connectivity index (χ2v) is 5.80. The summed E-state index contributed by atoms with van der Waals surface area (Å²) in [5.74, 6) is 0. The molecule has 24 heavy (non-hydrogen) atoms. The van der Waals surface area contributed by atoms with Crippen molar-refractivity contribution in [3.63, 3.8) is 0 Å². The van der Waals surface area contributed by atoms with Gasteiger partial charge >= 0.3 is 0 Å². The van der Waals surface area contributed by atoms with Crippen LogP contribution < -0.4 is 0 Å². The highest BCUT2D eigenvalue weighted by Crippen LogP contribution is 2.24. The maximum absolute atomic E-state index is 4.39. The summed E-state index contributed by atoms with van der Waals surface area (Å²) in [6.07, 6.45) is 2.14. The number of hydrogen-bond acceptors (Lipinski definition) is 2. The summed E-state index contributed by atoms with van der Waals surface area (Å²) in [5.41, 5.74) is 6.38. The van der Waals surface area contributed by atoms with E-state index in [1.807, 2.05) is 47.1 Å². The van der Waals surface area contributed by atoms with E-state index in [9.17, 15) is 0 Å². The fourth-order valence-corrected chi connectivity index (χ4v) is 2.75. The lowest BCUT2D eigenvalue weighted by atomic mass is 10.1. The van der Waals surface area contributed by atoms with Gasteiger partial charge in [0.2, 0.25) is 0 Å². The summed E-state index contributed by atoms with van der Waals surface area (Å²) in [6.45, 7) is 2.09. The van der Waals surface area contributed by atoms with Crippen LogP contribution in [0.5, 0.6) is 0 Å². The summed E-state index contributed by atoms with van der Waals surface area (Å²) in [4.78, 5) is 0. The summed E-state index contributed by atoms with van der Waals surface area (Å²) in [5, 5.41) is 8.69. The van der Waals surface area contributed by atoms with Crippen LogP contribution in [0.2, 0.25) is 0 Å². The van der Waals surface area contributed by atoms with Crippen LogP contribution in [0, 0.1) is 6.92 Å². The molecule has 0 saturated carbocycles. The molecule has 0 spiro atoms. The first-order valence-corrected chi connectivity index (χ1v) is 7.96. The molecule has 0 saturated heterocycles. The molecule has 3 aromatic carbocycles. The monoisotopic (exact) mass is 311 g/mol. The van der Waals surface area contributed by atoms with Gasteiger partial charge in [0.1, 0.15) is 5.52 Å². The van der Waals surface area contributed by atoms with Crippen molar-refractivity contribution in [2.45, 2.75) is 6.92 Å². The molecular formula is C21H17N3. The van der Waals surface area contributed by atoms with Crippen molar-refractivity contribution in [3.8, 4) is 0 Å².